The van der Waals surface area contributed by atoms with Gasteiger partial charge in [0.25, 0.3) is 0 Å². The molecule has 1 aromatic carbocycles. The van der Waals surface area contributed by atoms with E-state index in [0.717, 1.165) is 0 Å². The highest BCUT2D eigenvalue weighted by molar-refractivity contribution is 9.10. The highest BCUT2D eigenvalue weighted by Crippen LogP contribution is 2.32. The highest BCUT2D eigenvalue weighted by Gasteiger charge is 2.32. The van der Waals surface area contributed by atoms with E-state index in [1.165, 1.54) is 24.4 Å². The topological polar surface area (TPSA) is 105 Å². The fourth-order valence-electron chi connectivity index (χ4n) is 3.51. The van der Waals surface area contributed by atoms with Gasteiger partial charge in [-0.1, -0.05) is 12.1 Å². The Labute approximate surface area is 199 Å². The van der Waals surface area contributed by atoms with Crippen molar-refractivity contribution in [3.8, 4) is 17.0 Å². The summed E-state index contributed by atoms with van der Waals surface area (Å²) in [6.07, 6.45) is -1.72. The Morgan fingerprint density at radius 2 is 1.94 bits per heavy atom. The number of alkyl halides is 3. The number of ether oxygens (including phenoxy) is 2. The molecular formula is C20H18BrF3N8O2. The maximum absolute atomic E-state index is 12.8. The van der Waals surface area contributed by atoms with Crippen molar-refractivity contribution in [2.45, 2.75) is 12.9 Å². The van der Waals surface area contributed by atoms with Crippen molar-refractivity contribution in [1.82, 2.24) is 29.5 Å². The first-order valence-electron chi connectivity index (χ1n) is 10.2. The van der Waals surface area contributed by atoms with Gasteiger partial charge >= 0.3 is 6.36 Å². The van der Waals surface area contributed by atoms with Gasteiger partial charge in [0.15, 0.2) is 5.65 Å². The lowest BCUT2D eigenvalue weighted by atomic mass is 10.1. The number of para-hydroxylation sites is 1. The van der Waals surface area contributed by atoms with Gasteiger partial charge in [0.05, 0.1) is 42.3 Å². The Morgan fingerprint density at radius 3 is 2.74 bits per heavy atom. The molecule has 1 aliphatic rings. The monoisotopic (exact) mass is 538 g/mol. The van der Waals surface area contributed by atoms with Crippen LogP contribution in [-0.2, 0) is 11.3 Å². The fraction of sp³-hybridized carbons (Fsp3) is 0.300. The average molecular weight is 539 g/mol. The second-order valence-electron chi connectivity index (χ2n) is 7.32. The Hall–Kier alpha value is -3.39. The van der Waals surface area contributed by atoms with Gasteiger partial charge in [0.1, 0.15) is 11.6 Å². The molecule has 1 fully saturated rings. The van der Waals surface area contributed by atoms with E-state index in [2.05, 4.69) is 51.0 Å². The summed E-state index contributed by atoms with van der Waals surface area (Å²) in [6, 6.07) is 5.87. The second-order valence-corrected chi connectivity index (χ2v) is 8.17. The van der Waals surface area contributed by atoms with Crippen LogP contribution in [0.5, 0.6) is 5.75 Å². The Morgan fingerprint density at radius 1 is 1.15 bits per heavy atom. The summed E-state index contributed by atoms with van der Waals surface area (Å²) >= 11 is 3.46. The van der Waals surface area contributed by atoms with Crippen LogP contribution in [-0.4, -0.2) is 62.2 Å². The predicted molar refractivity (Wildman–Crippen MR) is 120 cm³/mol. The minimum absolute atomic E-state index is 0.217. The van der Waals surface area contributed by atoms with E-state index in [9.17, 15) is 13.2 Å². The number of imidazole rings is 1. The summed E-state index contributed by atoms with van der Waals surface area (Å²) in [6.45, 7) is 2.73. The predicted octanol–water partition coefficient (Wildman–Crippen LogP) is 3.62. The molecule has 0 amide bonds. The number of rotatable bonds is 6. The molecule has 10 nitrogen and oxygen atoms in total. The molecule has 0 unspecified atom stereocenters. The molecule has 34 heavy (non-hydrogen) atoms. The molecule has 0 spiro atoms. The van der Waals surface area contributed by atoms with Crippen LogP contribution in [0.2, 0.25) is 0 Å². The highest BCUT2D eigenvalue weighted by atomic mass is 79.9. The van der Waals surface area contributed by atoms with Crippen LogP contribution in [0.1, 0.15) is 5.82 Å². The molecule has 0 atom stereocenters. The molecule has 3 aromatic heterocycles. The molecule has 5 rings (SSSR count). The molecule has 2 N–H and O–H groups in total. The van der Waals surface area contributed by atoms with E-state index in [-0.39, 0.29) is 17.9 Å². The summed E-state index contributed by atoms with van der Waals surface area (Å²) in [5, 5.41) is 7.48. The minimum atomic E-state index is -4.80. The van der Waals surface area contributed by atoms with Gasteiger partial charge in [-0.3, -0.25) is 0 Å². The zero-order valence-electron chi connectivity index (χ0n) is 17.5. The third kappa shape index (κ3) is 4.77. The lowest BCUT2D eigenvalue weighted by Crippen LogP contribution is -2.37. The van der Waals surface area contributed by atoms with E-state index in [0.29, 0.717) is 59.8 Å². The maximum atomic E-state index is 12.8. The van der Waals surface area contributed by atoms with Crippen molar-refractivity contribution in [3.05, 3.63) is 47.0 Å². The van der Waals surface area contributed by atoms with Crippen LogP contribution in [0, 0.1) is 0 Å². The third-order valence-electron chi connectivity index (χ3n) is 5.05. The van der Waals surface area contributed by atoms with Gasteiger partial charge in [0, 0.05) is 18.7 Å². The van der Waals surface area contributed by atoms with Gasteiger partial charge in [0.2, 0.25) is 11.9 Å². The fourth-order valence-corrected chi connectivity index (χ4v) is 3.86. The normalized spacial score (nSPS) is 14.5. The van der Waals surface area contributed by atoms with Crippen LogP contribution in [0.4, 0.5) is 25.1 Å². The SMILES string of the molecule is FC(F)(F)Oc1ccccc1-c1cnc(CNc2nc(N3CCOCC3)nc3c(Br)cnn23)[nH]1. The Bertz CT molecular complexity index is 1300. The van der Waals surface area contributed by atoms with Crippen molar-refractivity contribution in [2.24, 2.45) is 0 Å². The molecule has 178 valence electrons. The smallest absolute Gasteiger partial charge is 0.405 e. The Balaban J connectivity index is 1.38. The first kappa shape index (κ1) is 22.4. The largest absolute Gasteiger partial charge is 0.573 e. The van der Waals surface area contributed by atoms with Gasteiger partial charge < -0.3 is 24.7 Å². The standard InChI is InChI=1S/C20H18BrF3N8O2/c21-13-9-27-32-17(13)29-19(31-5-7-33-8-6-31)30-18(32)26-11-16-25-10-14(28-16)12-3-1-2-4-15(12)34-20(22,23)24/h1-4,9-10H,5-8,11H2,(H,25,28)(H,26,29,30). The lowest BCUT2D eigenvalue weighted by molar-refractivity contribution is -0.274. The van der Waals surface area contributed by atoms with E-state index in [1.807, 2.05) is 4.90 Å². The number of aromatic nitrogens is 6. The number of hydrogen-bond acceptors (Lipinski definition) is 8. The number of aromatic amines is 1. The first-order valence-corrected chi connectivity index (χ1v) is 11.0. The van der Waals surface area contributed by atoms with Gasteiger partial charge in [-0.15, -0.1) is 13.2 Å². The number of H-pyrrole nitrogens is 1. The summed E-state index contributed by atoms with van der Waals surface area (Å²) in [5.41, 5.74) is 1.23. The summed E-state index contributed by atoms with van der Waals surface area (Å²) in [5.74, 6) is 1.16. The van der Waals surface area contributed by atoms with Gasteiger partial charge in [-0.25, -0.2) is 4.98 Å². The minimum Gasteiger partial charge on any atom is -0.405 e. The zero-order valence-corrected chi connectivity index (χ0v) is 19.1. The van der Waals surface area contributed by atoms with Crippen molar-refractivity contribution in [2.75, 3.05) is 36.5 Å². The molecular weight excluding hydrogens is 521 g/mol. The van der Waals surface area contributed by atoms with Crippen LogP contribution in [0.15, 0.2) is 41.1 Å². The number of benzene rings is 1. The van der Waals surface area contributed by atoms with Crippen LogP contribution < -0.4 is 15.0 Å². The molecule has 0 aliphatic carbocycles. The number of nitrogens with zero attached hydrogens (tertiary/aromatic N) is 6. The van der Waals surface area contributed by atoms with E-state index in [4.69, 9.17) is 4.74 Å². The molecule has 14 heteroatoms. The summed E-state index contributed by atoms with van der Waals surface area (Å²) in [7, 11) is 0. The number of morpholine rings is 1. The third-order valence-corrected chi connectivity index (χ3v) is 5.61. The number of anilines is 2. The number of halogens is 4. The van der Waals surface area contributed by atoms with E-state index in [1.54, 1.807) is 16.8 Å². The van der Waals surface area contributed by atoms with E-state index < -0.39 is 6.36 Å². The first-order chi connectivity index (χ1) is 16.4. The molecule has 0 saturated carbocycles. The summed E-state index contributed by atoms with van der Waals surface area (Å²) < 4.78 is 50.1. The van der Waals surface area contributed by atoms with Crippen molar-refractivity contribution in [1.29, 1.82) is 0 Å². The molecule has 4 aromatic rings. The van der Waals surface area contributed by atoms with Crippen LogP contribution >= 0.6 is 15.9 Å². The molecule has 0 radical (unpaired) electrons. The zero-order chi connectivity index (χ0) is 23.7. The van der Waals surface area contributed by atoms with Crippen molar-refractivity contribution < 1.29 is 22.6 Å². The lowest BCUT2D eigenvalue weighted by Gasteiger charge is -2.27. The van der Waals surface area contributed by atoms with E-state index >= 15 is 0 Å². The Kier molecular flexibility index (Phi) is 6.00. The van der Waals surface area contributed by atoms with Crippen LogP contribution in [0.25, 0.3) is 16.9 Å². The number of hydrogen-bond donors (Lipinski definition) is 2. The van der Waals surface area contributed by atoms with Crippen molar-refractivity contribution >= 4 is 33.5 Å². The van der Waals surface area contributed by atoms with Gasteiger partial charge in [-0.2, -0.15) is 19.6 Å². The molecule has 1 saturated heterocycles. The average Bonchev–Trinajstić information content (AvgIpc) is 3.44. The van der Waals surface area contributed by atoms with Crippen molar-refractivity contribution in [3.63, 3.8) is 0 Å². The van der Waals surface area contributed by atoms with Crippen LogP contribution in [0.3, 0.4) is 0 Å². The number of nitrogens with one attached hydrogen (secondary N) is 2. The molecule has 0 bridgehead atoms. The maximum Gasteiger partial charge on any atom is 0.573 e. The van der Waals surface area contributed by atoms with Gasteiger partial charge in [-0.05, 0) is 28.1 Å². The molecule has 4 heterocycles. The second kappa shape index (κ2) is 9.10. The molecule has 1 aliphatic heterocycles. The number of fused-ring (bicyclic) bond motifs is 1. The quantitative estimate of drug-likeness (QED) is 0.383. The summed E-state index contributed by atoms with van der Waals surface area (Å²) in [4.78, 5) is 18.5.